The Labute approximate surface area is 92.9 Å². The largest absolute Gasteiger partial charge is 0.401 e. The highest BCUT2D eigenvalue weighted by Crippen LogP contribution is 2.15. The van der Waals surface area contributed by atoms with Crippen LogP contribution in [-0.2, 0) is 9.47 Å². The lowest BCUT2D eigenvalue weighted by molar-refractivity contribution is -0.146. The van der Waals surface area contributed by atoms with Crippen LogP contribution in [0.4, 0.5) is 13.2 Å². The first-order valence-electron chi connectivity index (χ1n) is 4.85. The molecule has 0 radical (unpaired) electrons. The molecule has 0 rings (SSSR count). The molecule has 0 saturated heterocycles. The van der Waals surface area contributed by atoms with Gasteiger partial charge in [0.15, 0.2) is 0 Å². The minimum absolute atomic E-state index is 0.00551. The Bertz CT molecular complexity index is 178. The van der Waals surface area contributed by atoms with Crippen molar-refractivity contribution < 1.29 is 27.8 Å². The summed E-state index contributed by atoms with van der Waals surface area (Å²) in [5.74, 6) is 0. The average Bonchev–Trinajstić information content (AvgIpc) is 2.09. The molecule has 7 heteroatoms. The fourth-order valence-electron chi connectivity index (χ4n) is 1.14. The van der Waals surface area contributed by atoms with E-state index < -0.39 is 18.8 Å². The van der Waals surface area contributed by atoms with E-state index in [0.29, 0.717) is 13.2 Å². The number of ether oxygens (including phenoxy) is 2. The first-order chi connectivity index (χ1) is 7.35. The van der Waals surface area contributed by atoms with Crippen LogP contribution in [0.15, 0.2) is 0 Å². The number of methoxy groups -OCH3 is 1. The average molecular weight is 245 g/mol. The van der Waals surface area contributed by atoms with Gasteiger partial charge in [-0.15, -0.1) is 0 Å². The standard InChI is InChI=1S/C9H18F3NO3/c1-13(7-9(10,11)12)5-8(14)6-16-4-3-15-2/h8,14H,3-7H2,1-2H3. The van der Waals surface area contributed by atoms with E-state index in [2.05, 4.69) is 0 Å². The number of likely N-dealkylation sites (N-methyl/N-ethyl adjacent to an activating group) is 1. The highest BCUT2D eigenvalue weighted by atomic mass is 19.4. The molecule has 0 heterocycles. The van der Waals surface area contributed by atoms with Crippen molar-refractivity contribution in [3.63, 3.8) is 0 Å². The Morgan fingerprint density at radius 1 is 1.31 bits per heavy atom. The molecule has 0 saturated carbocycles. The Morgan fingerprint density at radius 3 is 2.44 bits per heavy atom. The highest BCUT2D eigenvalue weighted by Gasteiger charge is 2.29. The second-order valence-corrected chi connectivity index (χ2v) is 3.53. The normalized spacial score (nSPS) is 14.4. The molecule has 0 aliphatic heterocycles. The summed E-state index contributed by atoms with van der Waals surface area (Å²) in [7, 11) is 2.81. The summed E-state index contributed by atoms with van der Waals surface area (Å²) in [6.07, 6.45) is -5.17. The molecule has 0 bridgehead atoms. The van der Waals surface area contributed by atoms with E-state index in [9.17, 15) is 18.3 Å². The monoisotopic (exact) mass is 245 g/mol. The Morgan fingerprint density at radius 2 is 1.94 bits per heavy atom. The fraction of sp³-hybridized carbons (Fsp3) is 1.00. The van der Waals surface area contributed by atoms with Gasteiger partial charge in [-0.05, 0) is 7.05 Å². The third-order valence-electron chi connectivity index (χ3n) is 1.71. The van der Waals surface area contributed by atoms with Crippen LogP contribution in [-0.4, -0.2) is 69.4 Å². The van der Waals surface area contributed by atoms with Crippen LogP contribution < -0.4 is 0 Å². The number of alkyl halides is 3. The molecule has 1 N–H and O–H groups in total. The molecule has 1 unspecified atom stereocenters. The number of hydrogen-bond acceptors (Lipinski definition) is 4. The van der Waals surface area contributed by atoms with Gasteiger partial charge in [0, 0.05) is 13.7 Å². The van der Waals surface area contributed by atoms with E-state index in [0.717, 1.165) is 4.90 Å². The van der Waals surface area contributed by atoms with Crippen LogP contribution in [0, 0.1) is 0 Å². The van der Waals surface area contributed by atoms with E-state index in [1.807, 2.05) is 0 Å². The molecule has 0 aromatic carbocycles. The van der Waals surface area contributed by atoms with Crippen LogP contribution in [0.25, 0.3) is 0 Å². The van der Waals surface area contributed by atoms with Crippen LogP contribution in [0.1, 0.15) is 0 Å². The van der Waals surface area contributed by atoms with Gasteiger partial charge in [-0.25, -0.2) is 0 Å². The number of hydrogen-bond donors (Lipinski definition) is 1. The smallest absolute Gasteiger partial charge is 0.389 e. The van der Waals surface area contributed by atoms with Crippen molar-refractivity contribution in [2.24, 2.45) is 0 Å². The minimum Gasteiger partial charge on any atom is -0.389 e. The fourth-order valence-corrected chi connectivity index (χ4v) is 1.14. The minimum atomic E-state index is -4.24. The van der Waals surface area contributed by atoms with E-state index in [-0.39, 0.29) is 13.2 Å². The zero-order chi connectivity index (χ0) is 12.6. The summed E-state index contributed by atoms with van der Waals surface area (Å²) in [6.45, 7) is -0.401. The van der Waals surface area contributed by atoms with Gasteiger partial charge in [0.05, 0.1) is 32.5 Å². The van der Waals surface area contributed by atoms with Crippen LogP contribution >= 0.6 is 0 Å². The zero-order valence-electron chi connectivity index (χ0n) is 9.46. The molecule has 0 fully saturated rings. The van der Waals surface area contributed by atoms with Crippen LogP contribution in [0.3, 0.4) is 0 Å². The predicted molar refractivity (Wildman–Crippen MR) is 52.3 cm³/mol. The second-order valence-electron chi connectivity index (χ2n) is 3.53. The molecule has 0 spiro atoms. The Kier molecular flexibility index (Phi) is 7.65. The molecule has 0 aromatic rings. The van der Waals surface area contributed by atoms with Crippen molar-refractivity contribution >= 4 is 0 Å². The number of rotatable bonds is 8. The number of aliphatic hydroxyl groups excluding tert-OH is 1. The van der Waals surface area contributed by atoms with Gasteiger partial charge >= 0.3 is 6.18 Å². The first kappa shape index (κ1) is 15.6. The number of nitrogens with zero attached hydrogens (tertiary/aromatic N) is 1. The molecule has 0 amide bonds. The molecule has 4 nitrogen and oxygen atoms in total. The SMILES string of the molecule is COCCOCC(O)CN(C)CC(F)(F)F. The zero-order valence-corrected chi connectivity index (χ0v) is 9.46. The first-order valence-corrected chi connectivity index (χ1v) is 4.85. The highest BCUT2D eigenvalue weighted by molar-refractivity contribution is 4.64. The van der Waals surface area contributed by atoms with Crippen molar-refractivity contribution in [3.8, 4) is 0 Å². The molecule has 98 valence electrons. The van der Waals surface area contributed by atoms with Gasteiger partial charge in [-0.3, -0.25) is 4.90 Å². The Hall–Kier alpha value is -0.370. The maximum Gasteiger partial charge on any atom is 0.401 e. The van der Waals surface area contributed by atoms with Gasteiger partial charge in [-0.2, -0.15) is 13.2 Å². The van der Waals surface area contributed by atoms with Gasteiger partial charge in [0.2, 0.25) is 0 Å². The Balaban J connectivity index is 3.58. The second kappa shape index (κ2) is 7.83. The number of halogens is 3. The van der Waals surface area contributed by atoms with Crippen molar-refractivity contribution in [1.29, 1.82) is 0 Å². The molecule has 0 aliphatic carbocycles. The van der Waals surface area contributed by atoms with Gasteiger partial charge < -0.3 is 14.6 Å². The van der Waals surface area contributed by atoms with Crippen molar-refractivity contribution in [2.75, 3.05) is 47.1 Å². The lowest BCUT2D eigenvalue weighted by Crippen LogP contribution is -2.38. The molecule has 0 aliphatic rings. The summed E-state index contributed by atoms with van der Waals surface area (Å²) < 4.78 is 45.5. The molecule has 1 atom stereocenters. The summed E-state index contributed by atoms with van der Waals surface area (Å²) in [6, 6.07) is 0. The third kappa shape index (κ3) is 10.2. The third-order valence-corrected chi connectivity index (χ3v) is 1.71. The van der Waals surface area contributed by atoms with E-state index in [4.69, 9.17) is 9.47 Å². The van der Waals surface area contributed by atoms with E-state index >= 15 is 0 Å². The lowest BCUT2D eigenvalue weighted by Gasteiger charge is -2.21. The van der Waals surface area contributed by atoms with Crippen LogP contribution in [0.5, 0.6) is 0 Å². The van der Waals surface area contributed by atoms with Crippen molar-refractivity contribution in [1.82, 2.24) is 4.90 Å². The van der Waals surface area contributed by atoms with Crippen LogP contribution in [0.2, 0.25) is 0 Å². The van der Waals surface area contributed by atoms with E-state index in [1.165, 1.54) is 14.2 Å². The predicted octanol–water partition coefficient (Wildman–Crippen LogP) is 0.504. The summed E-state index contributed by atoms with van der Waals surface area (Å²) in [4.78, 5) is 1.00. The quantitative estimate of drug-likeness (QED) is 0.632. The van der Waals surface area contributed by atoms with Gasteiger partial charge in [0.1, 0.15) is 0 Å². The number of aliphatic hydroxyl groups is 1. The topological polar surface area (TPSA) is 41.9 Å². The van der Waals surface area contributed by atoms with Gasteiger partial charge in [0.25, 0.3) is 0 Å². The molecule has 16 heavy (non-hydrogen) atoms. The van der Waals surface area contributed by atoms with Gasteiger partial charge in [-0.1, -0.05) is 0 Å². The molecule has 0 aromatic heterocycles. The maximum atomic E-state index is 11.9. The summed E-state index contributed by atoms with van der Waals surface area (Å²) >= 11 is 0. The molecular weight excluding hydrogens is 227 g/mol. The van der Waals surface area contributed by atoms with E-state index in [1.54, 1.807) is 0 Å². The maximum absolute atomic E-state index is 11.9. The lowest BCUT2D eigenvalue weighted by atomic mass is 10.3. The summed E-state index contributed by atoms with van der Waals surface area (Å²) in [5, 5.41) is 9.34. The van der Waals surface area contributed by atoms with Crippen molar-refractivity contribution in [2.45, 2.75) is 12.3 Å². The summed E-state index contributed by atoms with van der Waals surface area (Å²) in [5.41, 5.74) is 0. The van der Waals surface area contributed by atoms with Crippen molar-refractivity contribution in [3.05, 3.63) is 0 Å². The molecular formula is C9H18F3NO3.